The highest BCUT2D eigenvalue weighted by atomic mass is 15.1. The Labute approximate surface area is 160 Å². The van der Waals surface area contributed by atoms with Gasteiger partial charge in [0.2, 0.25) is 0 Å². The van der Waals surface area contributed by atoms with Crippen molar-refractivity contribution in [2.24, 2.45) is 0 Å². The summed E-state index contributed by atoms with van der Waals surface area (Å²) in [7, 11) is 0. The Morgan fingerprint density at radius 1 is 1.00 bits per heavy atom. The SMILES string of the molecule is Cc1cccc2nc(Cn3cnc(=N)c4[nH]cnc43)c(-c3ccccc3)nc12. The Balaban J connectivity index is 1.74. The molecule has 0 bridgehead atoms. The smallest absolute Gasteiger partial charge is 0.173 e. The molecule has 0 aliphatic rings. The van der Waals surface area contributed by atoms with Gasteiger partial charge in [-0.15, -0.1) is 0 Å². The second-order valence-corrected chi connectivity index (χ2v) is 6.65. The molecule has 0 saturated heterocycles. The number of aromatic amines is 1. The molecule has 0 aliphatic heterocycles. The average molecular weight is 367 g/mol. The molecule has 0 amide bonds. The summed E-state index contributed by atoms with van der Waals surface area (Å²) in [5, 5.41) is 7.94. The van der Waals surface area contributed by atoms with Crippen molar-refractivity contribution in [1.82, 2.24) is 29.5 Å². The standard InChI is InChI=1S/C21H17N7/c1-13-6-5-9-15-17(13)27-18(14-7-3-2-4-8-14)16(26-15)10-28-12-25-20(22)19-21(28)24-11-23-19/h2-9,11-12,22H,10H2,1H3,(H,23,24). The summed E-state index contributed by atoms with van der Waals surface area (Å²) >= 11 is 0. The molecular weight excluding hydrogens is 350 g/mol. The molecule has 5 rings (SSSR count). The number of hydrogen-bond donors (Lipinski definition) is 2. The first-order valence-electron chi connectivity index (χ1n) is 8.95. The third-order valence-corrected chi connectivity index (χ3v) is 4.79. The summed E-state index contributed by atoms with van der Waals surface area (Å²) in [6, 6.07) is 16.1. The van der Waals surface area contributed by atoms with Crippen LogP contribution in [0.1, 0.15) is 11.3 Å². The van der Waals surface area contributed by atoms with Crippen LogP contribution in [0.15, 0.2) is 61.2 Å². The van der Waals surface area contributed by atoms with Crippen molar-refractivity contribution < 1.29 is 0 Å². The first-order chi connectivity index (χ1) is 13.7. The van der Waals surface area contributed by atoms with Gasteiger partial charge in [0.15, 0.2) is 11.1 Å². The Kier molecular flexibility index (Phi) is 3.72. The van der Waals surface area contributed by atoms with Gasteiger partial charge < -0.3 is 9.55 Å². The topological polar surface area (TPSA) is 96.1 Å². The Bertz CT molecular complexity index is 1370. The fraction of sp³-hybridized carbons (Fsp3) is 0.0952. The molecule has 3 heterocycles. The Morgan fingerprint density at radius 3 is 2.71 bits per heavy atom. The normalized spacial score (nSPS) is 11.3. The highest BCUT2D eigenvalue weighted by molar-refractivity contribution is 5.81. The molecule has 136 valence electrons. The zero-order valence-electron chi connectivity index (χ0n) is 15.2. The van der Waals surface area contributed by atoms with Gasteiger partial charge in [0, 0.05) is 5.56 Å². The molecule has 3 aromatic heterocycles. The molecule has 0 fully saturated rings. The number of imidazole rings is 1. The van der Waals surface area contributed by atoms with Gasteiger partial charge in [-0.2, -0.15) is 0 Å². The minimum absolute atomic E-state index is 0.173. The van der Waals surface area contributed by atoms with Crippen molar-refractivity contribution in [1.29, 1.82) is 5.41 Å². The van der Waals surface area contributed by atoms with E-state index in [2.05, 4.69) is 15.0 Å². The van der Waals surface area contributed by atoms with Crippen LogP contribution >= 0.6 is 0 Å². The van der Waals surface area contributed by atoms with Crippen molar-refractivity contribution >= 4 is 22.2 Å². The Morgan fingerprint density at radius 2 is 1.86 bits per heavy atom. The number of aryl methyl sites for hydroxylation is 1. The van der Waals surface area contributed by atoms with Gasteiger partial charge >= 0.3 is 0 Å². The molecule has 0 aliphatic carbocycles. The Hall–Kier alpha value is -3.87. The maximum Gasteiger partial charge on any atom is 0.173 e. The number of fused-ring (bicyclic) bond motifs is 2. The molecule has 28 heavy (non-hydrogen) atoms. The quantitative estimate of drug-likeness (QED) is 0.512. The van der Waals surface area contributed by atoms with Crippen LogP contribution in [-0.4, -0.2) is 29.5 Å². The van der Waals surface area contributed by atoms with E-state index in [1.807, 2.05) is 60.0 Å². The van der Waals surface area contributed by atoms with E-state index >= 15 is 0 Å². The van der Waals surface area contributed by atoms with E-state index in [4.69, 9.17) is 15.4 Å². The van der Waals surface area contributed by atoms with Crippen LogP contribution in [0.2, 0.25) is 0 Å². The number of nitrogens with zero attached hydrogens (tertiary/aromatic N) is 5. The number of nitrogens with one attached hydrogen (secondary N) is 2. The lowest BCUT2D eigenvalue weighted by Crippen LogP contribution is -2.14. The molecule has 0 spiro atoms. The van der Waals surface area contributed by atoms with E-state index in [0.717, 1.165) is 33.5 Å². The van der Waals surface area contributed by atoms with E-state index in [1.165, 1.54) is 0 Å². The van der Waals surface area contributed by atoms with Gasteiger partial charge in [-0.1, -0.05) is 42.5 Å². The van der Waals surface area contributed by atoms with Gasteiger partial charge in [0.05, 0.1) is 41.6 Å². The van der Waals surface area contributed by atoms with Crippen LogP contribution in [0.25, 0.3) is 33.5 Å². The first kappa shape index (κ1) is 16.3. The summed E-state index contributed by atoms with van der Waals surface area (Å²) in [6.07, 6.45) is 3.21. The minimum Gasteiger partial charge on any atom is -0.340 e. The molecule has 7 nitrogen and oxygen atoms in total. The second-order valence-electron chi connectivity index (χ2n) is 6.65. The van der Waals surface area contributed by atoms with Crippen molar-refractivity contribution in [3.8, 4) is 11.3 Å². The lowest BCUT2D eigenvalue weighted by Gasteiger charge is -2.13. The largest absolute Gasteiger partial charge is 0.340 e. The second kappa shape index (κ2) is 6.38. The zero-order valence-corrected chi connectivity index (χ0v) is 15.2. The molecule has 0 unspecified atom stereocenters. The van der Waals surface area contributed by atoms with Crippen LogP contribution in [0, 0.1) is 12.3 Å². The summed E-state index contributed by atoms with van der Waals surface area (Å²) in [6.45, 7) is 2.50. The minimum atomic E-state index is 0.173. The van der Waals surface area contributed by atoms with E-state index in [9.17, 15) is 0 Å². The predicted molar refractivity (Wildman–Crippen MR) is 107 cm³/mol. The van der Waals surface area contributed by atoms with Gasteiger partial charge in [0.25, 0.3) is 0 Å². The maximum absolute atomic E-state index is 7.94. The third kappa shape index (κ3) is 2.64. The van der Waals surface area contributed by atoms with E-state index in [1.54, 1.807) is 12.7 Å². The van der Waals surface area contributed by atoms with Crippen LogP contribution in [-0.2, 0) is 6.54 Å². The maximum atomic E-state index is 7.94. The van der Waals surface area contributed by atoms with Crippen molar-refractivity contribution in [3.05, 3.63) is 77.9 Å². The van der Waals surface area contributed by atoms with E-state index in [0.29, 0.717) is 17.7 Å². The highest BCUT2D eigenvalue weighted by Gasteiger charge is 2.14. The fourth-order valence-electron chi connectivity index (χ4n) is 3.39. The number of para-hydroxylation sites is 1. The lowest BCUT2D eigenvalue weighted by molar-refractivity contribution is 0.764. The molecule has 0 radical (unpaired) electrons. The number of H-pyrrole nitrogens is 1. The molecular formula is C21H17N7. The molecule has 0 saturated carbocycles. The summed E-state index contributed by atoms with van der Waals surface area (Å²) < 4.78 is 1.89. The summed E-state index contributed by atoms with van der Waals surface area (Å²) in [4.78, 5) is 21.4. The predicted octanol–water partition coefficient (Wildman–Crippen LogP) is 3.21. The number of hydrogen-bond acceptors (Lipinski definition) is 5. The number of rotatable bonds is 3. The average Bonchev–Trinajstić information content (AvgIpc) is 3.22. The van der Waals surface area contributed by atoms with Crippen LogP contribution in [0.3, 0.4) is 0 Å². The van der Waals surface area contributed by atoms with Crippen LogP contribution in [0.5, 0.6) is 0 Å². The number of aromatic nitrogens is 6. The van der Waals surface area contributed by atoms with Crippen molar-refractivity contribution in [3.63, 3.8) is 0 Å². The van der Waals surface area contributed by atoms with Gasteiger partial charge in [-0.3, -0.25) is 5.41 Å². The summed E-state index contributed by atoms with van der Waals surface area (Å²) in [5.41, 5.74) is 6.99. The zero-order chi connectivity index (χ0) is 19.1. The van der Waals surface area contributed by atoms with Crippen LogP contribution < -0.4 is 5.49 Å². The van der Waals surface area contributed by atoms with Gasteiger partial charge in [0.1, 0.15) is 5.52 Å². The van der Waals surface area contributed by atoms with E-state index < -0.39 is 0 Å². The fourth-order valence-corrected chi connectivity index (χ4v) is 3.39. The molecule has 0 atom stereocenters. The van der Waals surface area contributed by atoms with Crippen molar-refractivity contribution in [2.45, 2.75) is 13.5 Å². The third-order valence-electron chi connectivity index (χ3n) is 4.79. The van der Waals surface area contributed by atoms with E-state index in [-0.39, 0.29) is 5.49 Å². The molecule has 5 aromatic rings. The van der Waals surface area contributed by atoms with Gasteiger partial charge in [-0.25, -0.2) is 19.9 Å². The van der Waals surface area contributed by atoms with Crippen LogP contribution in [0.4, 0.5) is 0 Å². The summed E-state index contributed by atoms with van der Waals surface area (Å²) in [5.74, 6) is 0. The molecule has 2 aromatic carbocycles. The van der Waals surface area contributed by atoms with Gasteiger partial charge in [-0.05, 0) is 18.6 Å². The first-order valence-corrected chi connectivity index (χ1v) is 8.95. The molecule has 7 heteroatoms. The highest BCUT2D eigenvalue weighted by Crippen LogP contribution is 2.25. The lowest BCUT2D eigenvalue weighted by atomic mass is 10.1. The van der Waals surface area contributed by atoms with Crippen molar-refractivity contribution in [2.75, 3.05) is 0 Å². The molecule has 2 N–H and O–H groups in total. The monoisotopic (exact) mass is 367 g/mol. The number of benzene rings is 2.